The number of aromatic nitrogens is 2. The fourth-order valence-electron chi connectivity index (χ4n) is 1.33. The highest BCUT2D eigenvalue weighted by Gasteiger charge is 2.61. The minimum Gasteiger partial charge on any atom is -0.336 e. The molecule has 1 aromatic heterocycles. The molecule has 0 saturated heterocycles. The molecule has 0 spiro atoms. The number of benzene rings is 1. The summed E-state index contributed by atoms with van der Waals surface area (Å²) in [5.74, 6) is -9.50. The highest BCUT2D eigenvalue weighted by molar-refractivity contribution is 5.75. The Bertz CT molecular complexity index is 599. The van der Waals surface area contributed by atoms with Crippen molar-refractivity contribution in [3.05, 3.63) is 29.6 Å². The Labute approximate surface area is 94.4 Å². The summed E-state index contributed by atoms with van der Waals surface area (Å²) in [7, 11) is 0. The predicted octanol–water partition coefficient (Wildman–Crippen LogP) is 3.50. The van der Waals surface area contributed by atoms with Gasteiger partial charge in [-0.3, -0.25) is 0 Å². The average molecular weight is 272 g/mol. The molecule has 0 aliphatic rings. The summed E-state index contributed by atoms with van der Waals surface area (Å²) < 4.78 is 87.8. The first-order valence-corrected chi connectivity index (χ1v) is 4.42. The zero-order chi connectivity index (χ0) is 13.7. The molecule has 0 aliphatic carbocycles. The van der Waals surface area contributed by atoms with E-state index in [0.29, 0.717) is 12.1 Å². The zero-order valence-electron chi connectivity index (χ0n) is 8.25. The maximum Gasteiger partial charge on any atom is 0.461 e. The van der Waals surface area contributed by atoms with Gasteiger partial charge >= 0.3 is 12.1 Å². The van der Waals surface area contributed by atoms with Crippen molar-refractivity contribution in [3.8, 4) is 0 Å². The molecule has 0 fully saturated rings. The van der Waals surface area contributed by atoms with Crippen molar-refractivity contribution in [1.29, 1.82) is 0 Å². The number of hydrogen-bond acceptors (Lipinski definition) is 1. The third-order valence-electron chi connectivity index (χ3n) is 2.16. The number of hydrogen-bond donors (Lipinski definition) is 1. The van der Waals surface area contributed by atoms with Crippen LogP contribution in [0.15, 0.2) is 12.1 Å². The number of nitrogens with one attached hydrogen (secondary N) is 1. The van der Waals surface area contributed by atoms with Crippen LogP contribution in [0.4, 0.5) is 30.7 Å². The van der Waals surface area contributed by atoms with Gasteiger partial charge in [0.2, 0.25) is 0 Å². The van der Waals surface area contributed by atoms with E-state index >= 15 is 0 Å². The number of imidazole rings is 1. The highest BCUT2D eigenvalue weighted by atomic mass is 19.4. The number of nitrogens with zero attached hydrogens (tertiary/aromatic N) is 1. The van der Waals surface area contributed by atoms with Gasteiger partial charge in [-0.15, -0.1) is 0 Å². The molecule has 0 aliphatic heterocycles. The second-order valence-corrected chi connectivity index (χ2v) is 3.44. The van der Waals surface area contributed by atoms with Crippen molar-refractivity contribution >= 4 is 11.0 Å². The third kappa shape index (κ3) is 1.79. The Morgan fingerprint density at radius 2 is 1.61 bits per heavy atom. The number of rotatable bonds is 1. The quantitative estimate of drug-likeness (QED) is 0.791. The van der Waals surface area contributed by atoms with Crippen LogP contribution in [0.25, 0.3) is 11.0 Å². The predicted molar refractivity (Wildman–Crippen MR) is 46.0 cm³/mol. The second kappa shape index (κ2) is 3.59. The molecule has 1 N–H and O–H groups in total. The molecule has 2 aromatic rings. The van der Waals surface area contributed by atoms with Gasteiger partial charge in [0.25, 0.3) is 0 Å². The van der Waals surface area contributed by atoms with E-state index < -0.39 is 40.6 Å². The topological polar surface area (TPSA) is 28.7 Å². The van der Waals surface area contributed by atoms with Gasteiger partial charge in [-0.25, -0.2) is 13.8 Å². The van der Waals surface area contributed by atoms with E-state index in [0.717, 1.165) is 0 Å². The van der Waals surface area contributed by atoms with Gasteiger partial charge in [-0.1, -0.05) is 0 Å². The number of alkyl halides is 5. The summed E-state index contributed by atoms with van der Waals surface area (Å²) >= 11 is 0. The Morgan fingerprint density at radius 3 is 2.17 bits per heavy atom. The summed E-state index contributed by atoms with van der Waals surface area (Å²) in [6.45, 7) is 0. The molecule has 1 heterocycles. The molecule has 0 amide bonds. The Kier molecular flexibility index (Phi) is 2.53. The maximum absolute atomic E-state index is 13.1. The first-order chi connectivity index (χ1) is 8.13. The summed E-state index contributed by atoms with van der Waals surface area (Å²) in [4.78, 5) is 4.39. The number of fused-ring (bicyclic) bond motifs is 1. The van der Waals surface area contributed by atoms with Crippen LogP contribution in [0.1, 0.15) is 5.82 Å². The fraction of sp³-hybridized carbons (Fsp3) is 0.222. The number of aromatic amines is 1. The SMILES string of the molecule is Fc1cc(F)c2nc(C(F)(F)C(F)(F)F)[nH]c2c1. The van der Waals surface area contributed by atoms with E-state index in [4.69, 9.17) is 0 Å². The Balaban J connectivity index is 2.65. The van der Waals surface area contributed by atoms with E-state index in [1.165, 1.54) is 0 Å². The van der Waals surface area contributed by atoms with E-state index in [-0.39, 0.29) is 0 Å². The van der Waals surface area contributed by atoms with Crippen molar-refractivity contribution in [2.45, 2.75) is 12.1 Å². The van der Waals surface area contributed by atoms with Crippen LogP contribution in [-0.4, -0.2) is 16.1 Å². The van der Waals surface area contributed by atoms with Crippen LogP contribution < -0.4 is 0 Å². The van der Waals surface area contributed by atoms with Crippen LogP contribution in [0.3, 0.4) is 0 Å². The molecule has 2 rings (SSSR count). The summed E-state index contributed by atoms with van der Waals surface area (Å²) in [5.41, 5.74) is -1.36. The second-order valence-electron chi connectivity index (χ2n) is 3.44. The molecule has 0 bridgehead atoms. The van der Waals surface area contributed by atoms with E-state index in [9.17, 15) is 30.7 Å². The Hall–Kier alpha value is -1.80. The lowest BCUT2D eigenvalue weighted by Crippen LogP contribution is -2.34. The number of halogens is 7. The van der Waals surface area contributed by atoms with Gasteiger partial charge in [-0.2, -0.15) is 22.0 Å². The number of H-pyrrole nitrogens is 1. The molecule has 98 valence electrons. The molecular formula is C9H3F7N2. The van der Waals surface area contributed by atoms with E-state index in [2.05, 4.69) is 4.98 Å². The first kappa shape index (κ1) is 12.7. The third-order valence-corrected chi connectivity index (χ3v) is 2.16. The van der Waals surface area contributed by atoms with Crippen LogP contribution in [-0.2, 0) is 5.92 Å². The van der Waals surface area contributed by atoms with Crippen LogP contribution >= 0.6 is 0 Å². The molecule has 2 nitrogen and oxygen atoms in total. The summed E-state index contributed by atoms with van der Waals surface area (Å²) in [6.07, 6.45) is -5.88. The van der Waals surface area contributed by atoms with Crippen molar-refractivity contribution in [1.82, 2.24) is 9.97 Å². The first-order valence-electron chi connectivity index (χ1n) is 4.42. The van der Waals surface area contributed by atoms with Crippen molar-refractivity contribution in [2.24, 2.45) is 0 Å². The molecule has 9 heteroatoms. The molecule has 18 heavy (non-hydrogen) atoms. The smallest absolute Gasteiger partial charge is 0.336 e. The lowest BCUT2D eigenvalue weighted by molar-refractivity contribution is -0.292. The molecule has 1 aromatic carbocycles. The molecule has 0 saturated carbocycles. The molecule has 0 atom stereocenters. The van der Waals surface area contributed by atoms with E-state index in [1.807, 2.05) is 0 Å². The monoisotopic (exact) mass is 272 g/mol. The molecule has 0 radical (unpaired) electrons. The van der Waals surface area contributed by atoms with Gasteiger partial charge < -0.3 is 4.98 Å². The van der Waals surface area contributed by atoms with Gasteiger partial charge in [0.05, 0.1) is 5.52 Å². The normalized spacial score (nSPS) is 13.3. The fourth-order valence-corrected chi connectivity index (χ4v) is 1.33. The van der Waals surface area contributed by atoms with Crippen LogP contribution in [0, 0.1) is 11.6 Å². The molecule has 0 unspecified atom stereocenters. The van der Waals surface area contributed by atoms with Gasteiger partial charge in [-0.05, 0) is 6.07 Å². The largest absolute Gasteiger partial charge is 0.461 e. The lowest BCUT2D eigenvalue weighted by atomic mass is 10.3. The Morgan fingerprint density at radius 1 is 1.00 bits per heavy atom. The molecular weight excluding hydrogens is 269 g/mol. The lowest BCUT2D eigenvalue weighted by Gasteiger charge is -2.16. The summed E-state index contributed by atoms with van der Waals surface area (Å²) in [6, 6.07) is 0.903. The highest BCUT2D eigenvalue weighted by Crippen LogP contribution is 2.43. The van der Waals surface area contributed by atoms with Crippen LogP contribution in [0.2, 0.25) is 0 Å². The zero-order valence-corrected chi connectivity index (χ0v) is 8.25. The van der Waals surface area contributed by atoms with Crippen LogP contribution in [0.5, 0.6) is 0 Å². The van der Waals surface area contributed by atoms with Crippen molar-refractivity contribution in [3.63, 3.8) is 0 Å². The van der Waals surface area contributed by atoms with Crippen molar-refractivity contribution in [2.75, 3.05) is 0 Å². The standard InChI is InChI=1S/C9H3F7N2/c10-3-1-4(11)6-5(2-3)17-7(18-6)8(12,13)9(14,15)16/h1-2H,(H,17,18). The van der Waals surface area contributed by atoms with Gasteiger partial charge in [0.1, 0.15) is 11.3 Å². The maximum atomic E-state index is 13.1. The minimum atomic E-state index is -5.88. The average Bonchev–Trinajstić information content (AvgIpc) is 2.59. The summed E-state index contributed by atoms with van der Waals surface area (Å²) in [5, 5.41) is 0. The van der Waals surface area contributed by atoms with Gasteiger partial charge in [0, 0.05) is 6.07 Å². The van der Waals surface area contributed by atoms with Crippen molar-refractivity contribution < 1.29 is 30.7 Å². The van der Waals surface area contributed by atoms with E-state index in [1.54, 1.807) is 4.98 Å². The minimum absolute atomic E-state index is 0.332. The van der Waals surface area contributed by atoms with Gasteiger partial charge in [0.15, 0.2) is 11.6 Å².